The molecule has 1 aliphatic rings. The van der Waals surface area contributed by atoms with Crippen LogP contribution in [0.25, 0.3) is 0 Å². The van der Waals surface area contributed by atoms with Crippen LogP contribution >= 0.6 is 0 Å². The van der Waals surface area contributed by atoms with E-state index >= 15 is 0 Å². The number of amides is 1. The second-order valence-electron chi connectivity index (χ2n) is 5.58. The molecular formula is C15H23N3O5S. The van der Waals surface area contributed by atoms with Gasteiger partial charge in [0.05, 0.1) is 14.2 Å². The summed E-state index contributed by atoms with van der Waals surface area (Å²) in [5, 5.41) is 0. The number of ether oxygens (including phenoxy) is 2. The van der Waals surface area contributed by atoms with Crippen LogP contribution in [-0.2, 0) is 10.2 Å². The lowest BCUT2D eigenvalue weighted by Crippen LogP contribution is -2.53. The number of benzene rings is 1. The van der Waals surface area contributed by atoms with Crippen molar-refractivity contribution in [1.29, 1.82) is 0 Å². The van der Waals surface area contributed by atoms with Gasteiger partial charge >= 0.3 is 0 Å². The van der Waals surface area contributed by atoms with Gasteiger partial charge < -0.3 is 14.4 Å². The Morgan fingerprint density at radius 1 is 1.00 bits per heavy atom. The normalized spacial score (nSPS) is 16.3. The van der Waals surface area contributed by atoms with E-state index in [0.717, 1.165) is 0 Å². The van der Waals surface area contributed by atoms with Crippen molar-refractivity contribution in [2.45, 2.75) is 0 Å². The molecule has 1 heterocycles. The summed E-state index contributed by atoms with van der Waals surface area (Å²) in [4.78, 5) is 14.3. The summed E-state index contributed by atoms with van der Waals surface area (Å²) in [5.74, 6) is 0.896. The SMILES string of the molecule is COc1cc(OC)cc(C(=O)N2CCN(S(=O)(=O)N(C)C)CC2)c1. The Bertz CT molecular complexity index is 675. The maximum atomic E-state index is 12.7. The standard InChI is InChI=1S/C15H23N3O5S/c1-16(2)24(20,21)18-7-5-17(6-8-18)15(19)12-9-13(22-3)11-14(10-12)23-4/h9-11H,5-8H2,1-4H3. The molecule has 0 unspecified atom stereocenters. The Hall–Kier alpha value is -1.84. The third-order valence-corrected chi connectivity index (χ3v) is 5.85. The molecule has 8 nitrogen and oxygen atoms in total. The van der Waals surface area contributed by atoms with Crippen molar-refractivity contribution in [3.05, 3.63) is 23.8 Å². The molecule has 0 aliphatic carbocycles. The number of methoxy groups -OCH3 is 2. The highest BCUT2D eigenvalue weighted by atomic mass is 32.2. The van der Waals surface area contributed by atoms with E-state index in [1.54, 1.807) is 23.1 Å². The summed E-state index contributed by atoms with van der Waals surface area (Å²) in [5.41, 5.74) is 0.454. The van der Waals surface area contributed by atoms with Gasteiger partial charge in [0.15, 0.2) is 0 Å². The molecule has 134 valence electrons. The van der Waals surface area contributed by atoms with E-state index in [2.05, 4.69) is 0 Å². The van der Waals surface area contributed by atoms with Crippen LogP contribution in [0.5, 0.6) is 11.5 Å². The molecule has 2 rings (SSSR count). The van der Waals surface area contributed by atoms with E-state index in [4.69, 9.17) is 9.47 Å². The number of rotatable bonds is 5. The van der Waals surface area contributed by atoms with Crippen LogP contribution in [0, 0.1) is 0 Å². The smallest absolute Gasteiger partial charge is 0.281 e. The summed E-state index contributed by atoms with van der Waals surface area (Å²) in [6.45, 7) is 1.22. The summed E-state index contributed by atoms with van der Waals surface area (Å²) < 4.78 is 37.1. The van der Waals surface area contributed by atoms with Gasteiger partial charge in [-0.3, -0.25) is 4.79 Å². The van der Waals surface area contributed by atoms with E-state index in [9.17, 15) is 13.2 Å². The third-order valence-electron chi connectivity index (χ3n) is 3.91. The highest BCUT2D eigenvalue weighted by Gasteiger charge is 2.30. The molecule has 0 saturated carbocycles. The molecule has 0 spiro atoms. The van der Waals surface area contributed by atoms with Crippen LogP contribution in [0.15, 0.2) is 18.2 Å². The van der Waals surface area contributed by atoms with Gasteiger partial charge in [0.1, 0.15) is 11.5 Å². The van der Waals surface area contributed by atoms with Crippen LogP contribution in [-0.4, -0.2) is 82.3 Å². The van der Waals surface area contributed by atoms with Gasteiger partial charge in [-0.2, -0.15) is 17.0 Å². The largest absolute Gasteiger partial charge is 0.497 e. The maximum Gasteiger partial charge on any atom is 0.281 e. The Balaban J connectivity index is 2.11. The average molecular weight is 357 g/mol. The fraction of sp³-hybridized carbons (Fsp3) is 0.533. The third kappa shape index (κ3) is 3.80. The van der Waals surface area contributed by atoms with Crippen molar-refractivity contribution in [3.63, 3.8) is 0 Å². The topological polar surface area (TPSA) is 79.4 Å². The van der Waals surface area contributed by atoms with Gasteiger partial charge in [0.25, 0.3) is 16.1 Å². The van der Waals surface area contributed by atoms with Crippen LogP contribution in [0.4, 0.5) is 0 Å². The highest BCUT2D eigenvalue weighted by molar-refractivity contribution is 7.86. The zero-order valence-corrected chi connectivity index (χ0v) is 15.2. The minimum Gasteiger partial charge on any atom is -0.497 e. The van der Waals surface area contributed by atoms with Gasteiger partial charge in [-0.05, 0) is 12.1 Å². The number of piperazine rings is 1. The van der Waals surface area contributed by atoms with E-state index < -0.39 is 10.2 Å². The number of nitrogens with zero attached hydrogens (tertiary/aromatic N) is 3. The fourth-order valence-electron chi connectivity index (χ4n) is 2.47. The maximum absolute atomic E-state index is 12.7. The summed E-state index contributed by atoms with van der Waals surface area (Å²) in [6.07, 6.45) is 0. The molecule has 0 N–H and O–H groups in total. The molecule has 0 radical (unpaired) electrons. The molecule has 0 atom stereocenters. The van der Waals surface area contributed by atoms with Crippen LogP contribution in [0.1, 0.15) is 10.4 Å². The van der Waals surface area contributed by atoms with Crippen molar-refractivity contribution >= 4 is 16.1 Å². The Morgan fingerprint density at radius 3 is 1.92 bits per heavy atom. The molecule has 1 aliphatic heterocycles. The first-order chi connectivity index (χ1) is 11.3. The molecule has 0 bridgehead atoms. The van der Waals surface area contributed by atoms with Crippen LogP contribution < -0.4 is 9.47 Å². The first-order valence-electron chi connectivity index (χ1n) is 7.49. The molecule has 24 heavy (non-hydrogen) atoms. The van der Waals surface area contributed by atoms with Crippen LogP contribution in [0.3, 0.4) is 0 Å². The quantitative estimate of drug-likeness (QED) is 0.756. The molecule has 1 amide bonds. The number of hydrogen-bond acceptors (Lipinski definition) is 5. The lowest BCUT2D eigenvalue weighted by atomic mass is 10.1. The summed E-state index contributed by atoms with van der Waals surface area (Å²) in [6, 6.07) is 4.99. The predicted molar refractivity (Wildman–Crippen MR) is 89.6 cm³/mol. The highest BCUT2D eigenvalue weighted by Crippen LogP contribution is 2.24. The Morgan fingerprint density at radius 2 is 1.50 bits per heavy atom. The lowest BCUT2D eigenvalue weighted by molar-refractivity contribution is 0.0694. The van der Waals surface area contributed by atoms with E-state index in [1.165, 1.54) is 36.9 Å². The lowest BCUT2D eigenvalue weighted by Gasteiger charge is -2.35. The van der Waals surface area contributed by atoms with E-state index in [1.807, 2.05) is 0 Å². The number of carbonyl (C=O) groups is 1. The molecular weight excluding hydrogens is 334 g/mol. The minimum atomic E-state index is -3.45. The van der Waals surface area contributed by atoms with Gasteiger partial charge in [-0.25, -0.2) is 0 Å². The van der Waals surface area contributed by atoms with Gasteiger partial charge in [0, 0.05) is 51.9 Å². The predicted octanol–water partition coefficient (Wildman–Crippen LogP) is 0.268. The Kier molecular flexibility index (Phi) is 5.68. The number of hydrogen-bond donors (Lipinski definition) is 0. The molecule has 1 aromatic rings. The van der Waals surface area contributed by atoms with Crippen molar-refractivity contribution < 1.29 is 22.7 Å². The number of carbonyl (C=O) groups excluding carboxylic acids is 1. The second kappa shape index (κ2) is 7.37. The molecule has 1 fully saturated rings. The minimum absolute atomic E-state index is 0.172. The monoisotopic (exact) mass is 357 g/mol. The van der Waals surface area contributed by atoms with E-state index in [0.29, 0.717) is 30.2 Å². The van der Waals surface area contributed by atoms with E-state index in [-0.39, 0.29) is 19.0 Å². The van der Waals surface area contributed by atoms with Crippen molar-refractivity contribution in [3.8, 4) is 11.5 Å². The van der Waals surface area contributed by atoms with Gasteiger partial charge in [0.2, 0.25) is 0 Å². The zero-order valence-electron chi connectivity index (χ0n) is 14.4. The molecule has 1 saturated heterocycles. The molecule has 1 aromatic carbocycles. The second-order valence-corrected chi connectivity index (χ2v) is 7.73. The van der Waals surface area contributed by atoms with Crippen molar-refractivity contribution in [1.82, 2.24) is 13.5 Å². The van der Waals surface area contributed by atoms with Gasteiger partial charge in [-0.15, -0.1) is 0 Å². The van der Waals surface area contributed by atoms with Crippen molar-refractivity contribution in [2.75, 3.05) is 54.5 Å². The molecule has 0 aromatic heterocycles. The molecule has 9 heteroatoms. The summed E-state index contributed by atoms with van der Waals surface area (Å²) in [7, 11) is 2.59. The van der Waals surface area contributed by atoms with Crippen LogP contribution in [0.2, 0.25) is 0 Å². The van der Waals surface area contributed by atoms with Gasteiger partial charge in [-0.1, -0.05) is 0 Å². The first kappa shape index (κ1) is 18.5. The Labute approximate surface area is 142 Å². The summed E-state index contributed by atoms with van der Waals surface area (Å²) >= 11 is 0. The first-order valence-corrected chi connectivity index (χ1v) is 8.89. The van der Waals surface area contributed by atoms with Crippen molar-refractivity contribution in [2.24, 2.45) is 0 Å². The zero-order chi connectivity index (χ0) is 17.9. The average Bonchev–Trinajstić information content (AvgIpc) is 2.60. The fourth-order valence-corrected chi connectivity index (χ4v) is 3.55.